The van der Waals surface area contributed by atoms with E-state index < -0.39 is 22.9 Å². The second-order valence-corrected chi connectivity index (χ2v) is 4.72. The van der Waals surface area contributed by atoms with Gasteiger partial charge < -0.3 is 19.0 Å². The Hall–Kier alpha value is -3.01. The van der Waals surface area contributed by atoms with Gasteiger partial charge in [0.05, 0.1) is 19.2 Å². The molecule has 0 saturated heterocycles. The number of pyridine rings is 1. The molecule has 2 aromatic heterocycles. The number of ether oxygens (including phenoxy) is 1. The number of carboxylic acids is 1. The Kier molecular flexibility index (Phi) is 3.78. The van der Waals surface area contributed by atoms with E-state index in [2.05, 4.69) is 5.92 Å². The van der Waals surface area contributed by atoms with E-state index in [1.54, 1.807) is 14.0 Å². The van der Waals surface area contributed by atoms with Crippen molar-refractivity contribution in [3.05, 3.63) is 33.2 Å². The molecule has 0 aromatic carbocycles. The molecule has 2 aromatic rings. The number of hydrogen-bond acceptors (Lipinski definition) is 4. The summed E-state index contributed by atoms with van der Waals surface area (Å²) in [6, 6.07) is 0. The molecule has 114 valence electrons. The number of aromatic carboxylic acids is 1. The summed E-state index contributed by atoms with van der Waals surface area (Å²) < 4.78 is 7.63. The molecule has 7 nitrogen and oxygen atoms in total. The van der Waals surface area contributed by atoms with Crippen LogP contribution in [-0.4, -0.2) is 33.3 Å². The predicted octanol–water partition coefficient (Wildman–Crippen LogP) is 0.766. The minimum absolute atomic E-state index is 0.0184. The third-order valence-electron chi connectivity index (χ3n) is 3.57. The van der Waals surface area contributed by atoms with Gasteiger partial charge >= 0.3 is 11.9 Å². The van der Waals surface area contributed by atoms with Crippen molar-refractivity contribution in [2.75, 3.05) is 7.11 Å². The Morgan fingerprint density at radius 3 is 2.55 bits per heavy atom. The Bertz CT molecular complexity index is 896. The molecule has 2 heterocycles. The average molecular weight is 302 g/mol. The quantitative estimate of drug-likeness (QED) is 0.668. The lowest BCUT2D eigenvalue weighted by atomic mass is 10.1. The molecule has 0 spiro atoms. The number of nitrogens with zero attached hydrogens (tertiary/aromatic N) is 2. The summed E-state index contributed by atoms with van der Waals surface area (Å²) in [6.07, 6.45) is 6.45. The van der Waals surface area contributed by atoms with Crippen molar-refractivity contribution in [2.45, 2.75) is 13.5 Å². The van der Waals surface area contributed by atoms with Crippen LogP contribution in [0, 0.1) is 19.3 Å². The van der Waals surface area contributed by atoms with Gasteiger partial charge in [-0.25, -0.2) is 9.59 Å². The summed E-state index contributed by atoms with van der Waals surface area (Å²) in [5.74, 6) is 0.416. The van der Waals surface area contributed by atoms with Crippen molar-refractivity contribution in [1.29, 1.82) is 0 Å². The molecule has 0 amide bonds. The molecule has 0 aliphatic heterocycles. The third kappa shape index (κ3) is 2.05. The van der Waals surface area contributed by atoms with Gasteiger partial charge in [-0.1, -0.05) is 5.92 Å². The van der Waals surface area contributed by atoms with Crippen LogP contribution in [-0.2, 0) is 18.3 Å². The lowest BCUT2D eigenvalue weighted by Crippen LogP contribution is -2.20. The smallest absolute Gasteiger partial charge is 0.341 e. The van der Waals surface area contributed by atoms with Crippen LogP contribution in [0.25, 0.3) is 11.0 Å². The molecular formula is C15H14N2O5. The zero-order valence-electron chi connectivity index (χ0n) is 12.3. The molecule has 7 heteroatoms. The van der Waals surface area contributed by atoms with Crippen LogP contribution in [0.15, 0.2) is 11.0 Å². The van der Waals surface area contributed by atoms with Gasteiger partial charge in [-0.3, -0.25) is 4.79 Å². The maximum Gasteiger partial charge on any atom is 0.341 e. The fraction of sp³-hybridized carbons (Fsp3) is 0.267. The van der Waals surface area contributed by atoms with Gasteiger partial charge in [0.2, 0.25) is 5.43 Å². The highest BCUT2D eigenvalue weighted by atomic mass is 16.5. The predicted molar refractivity (Wildman–Crippen MR) is 79.0 cm³/mol. The highest BCUT2D eigenvalue weighted by Gasteiger charge is 2.26. The van der Waals surface area contributed by atoms with Crippen LogP contribution >= 0.6 is 0 Å². The molecule has 0 saturated carbocycles. The SMILES string of the molecule is C#CCn1cc(C(=O)O)c(=O)c2c1c(C(=O)OC)c(C)n2C. The number of fused-ring (bicyclic) bond motifs is 1. The van der Waals surface area contributed by atoms with Gasteiger partial charge in [0.25, 0.3) is 0 Å². The third-order valence-corrected chi connectivity index (χ3v) is 3.57. The normalized spacial score (nSPS) is 10.5. The lowest BCUT2D eigenvalue weighted by Gasteiger charge is -2.08. The van der Waals surface area contributed by atoms with E-state index >= 15 is 0 Å². The number of esters is 1. The summed E-state index contributed by atoms with van der Waals surface area (Å²) in [4.78, 5) is 35.7. The molecular weight excluding hydrogens is 288 g/mol. The minimum Gasteiger partial charge on any atom is -0.477 e. The largest absolute Gasteiger partial charge is 0.477 e. The first-order chi connectivity index (χ1) is 10.3. The van der Waals surface area contributed by atoms with E-state index in [1.807, 2.05) is 0 Å². The fourth-order valence-corrected chi connectivity index (χ4v) is 2.45. The molecule has 1 N–H and O–H groups in total. The zero-order chi connectivity index (χ0) is 16.6. The molecule has 2 rings (SSSR count). The first-order valence-corrected chi connectivity index (χ1v) is 6.32. The van der Waals surface area contributed by atoms with Crippen molar-refractivity contribution in [1.82, 2.24) is 9.13 Å². The van der Waals surface area contributed by atoms with Gasteiger partial charge in [0, 0.05) is 18.9 Å². The number of carbonyl (C=O) groups excluding carboxylic acids is 1. The Labute approximate surface area is 125 Å². The fourth-order valence-electron chi connectivity index (χ4n) is 2.45. The number of aromatic nitrogens is 2. The zero-order valence-corrected chi connectivity index (χ0v) is 12.3. The topological polar surface area (TPSA) is 90.5 Å². The van der Waals surface area contributed by atoms with Crippen LogP contribution in [0.1, 0.15) is 26.4 Å². The van der Waals surface area contributed by atoms with Crippen molar-refractivity contribution >= 4 is 23.0 Å². The van der Waals surface area contributed by atoms with Gasteiger partial charge in [-0.15, -0.1) is 6.42 Å². The molecule has 0 radical (unpaired) electrons. The van der Waals surface area contributed by atoms with Gasteiger partial charge in [-0.05, 0) is 6.92 Å². The summed E-state index contributed by atoms with van der Waals surface area (Å²) in [5.41, 5.74) is 0.000638. The first kappa shape index (κ1) is 15.4. The van der Waals surface area contributed by atoms with Gasteiger partial charge in [-0.2, -0.15) is 0 Å². The number of carbonyl (C=O) groups is 2. The summed E-state index contributed by atoms with van der Waals surface area (Å²) >= 11 is 0. The number of carboxylic acid groups (broad SMARTS) is 1. The molecule has 0 bridgehead atoms. The second kappa shape index (κ2) is 5.41. The van der Waals surface area contributed by atoms with Crippen molar-refractivity contribution in [2.24, 2.45) is 7.05 Å². The average Bonchev–Trinajstić information content (AvgIpc) is 2.74. The number of rotatable bonds is 3. The highest BCUT2D eigenvalue weighted by molar-refractivity contribution is 6.05. The monoisotopic (exact) mass is 302 g/mol. The maximum atomic E-state index is 12.4. The summed E-state index contributed by atoms with van der Waals surface area (Å²) in [5, 5.41) is 9.17. The van der Waals surface area contributed by atoms with Crippen molar-refractivity contribution < 1.29 is 19.4 Å². The first-order valence-electron chi connectivity index (χ1n) is 6.32. The molecule has 0 fully saturated rings. The van der Waals surface area contributed by atoms with E-state index in [0.717, 1.165) is 6.20 Å². The molecule has 0 aliphatic rings. The molecule has 0 atom stereocenters. The summed E-state index contributed by atoms with van der Waals surface area (Å²) in [6.45, 7) is 1.66. The van der Waals surface area contributed by atoms with Gasteiger partial charge in [0.15, 0.2) is 0 Å². The number of terminal acetylenes is 1. The number of hydrogen-bond donors (Lipinski definition) is 1. The Morgan fingerprint density at radius 1 is 1.41 bits per heavy atom. The van der Waals surface area contributed by atoms with Gasteiger partial charge in [0.1, 0.15) is 16.6 Å². The molecule has 0 unspecified atom stereocenters. The van der Waals surface area contributed by atoms with Crippen molar-refractivity contribution in [3.63, 3.8) is 0 Å². The standard InChI is InChI=1S/C15H14N2O5/c1-5-6-17-7-9(14(19)20)13(18)12-11(17)10(15(21)22-4)8(2)16(12)3/h1,7H,6H2,2-4H3,(H,19,20). The lowest BCUT2D eigenvalue weighted by molar-refractivity contribution is 0.0600. The van der Waals surface area contributed by atoms with Crippen LogP contribution in [0.2, 0.25) is 0 Å². The molecule has 0 aliphatic carbocycles. The Balaban J connectivity index is 3.09. The number of methoxy groups -OCH3 is 1. The van der Waals surface area contributed by atoms with E-state index in [0.29, 0.717) is 5.69 Å². The van der Waals surface area contributed by atoms with E-state index in [4.69, 9.17) is 11.2 Å². The molecule has 22 heavy (non-hydrogen) atoms. The van der Waals surface area contributed by atoms with Crippen molar-refractivity contribution in [3.8, 4) is 12.3 Å². The maximum absolute atomic E-state index is 12.4. The highest BCUT2D eigenvalue weighted by Crippen LogP contribution is 2.24. The van der Waals surface area contributed by atoms with E-state index in [9.17, 15) is 19.5 Å². The Morgan fingerprint density at radius 2 is 2.05 bits per heavy atom. The number of aryl methyl sites for hydroxylation is 1. The van der Waals surface area contributed by atoms with Crippen LogP contribution in [0.5, 0.6) is 0 Å². The summed E-state index contributed by atoms with van der Waals surface area (Å²) in [7, 11) is 2.81. The van der Waals surface area contributed by atoms with Crippen LogP contribution < -0.4 is 5.43 Å². The minimum atomic E-state index is -1.35. The van der Waals surface area contributed by atoms with E-state index in [-0.39, 0.29) is 23.1 Å². The second-order valence-electron chi connectivity index (χ2n) is 4.72. The van der Waals surface area contributed by atoms with Crippen LogP contribution in [0.4, 0.5) is 0 Å². The van der Waals surface area contributed by atoms with E-state index in [1.165, 1.54) is 16.2 Å². The van der Waals surface area contributed by atoms with Crippen LogP contribution in [0.3, 0.4) is 0 Å².